The first-order valence-electron chi connectivity index (χ1n) is 5.20. The molecule has 2 N–H and O–H groups in total. The average Bonchev–Trinajstić information content (AvgIpc) is 2.25. The van der Waals surface area contributed by atoms with Gasteiger partial charge in [-0.15, -0.1) is 0 Å². The number of halogens is 1. The van der Waals surface area contributed by atoms with Crippen molar-refractivity contribution >= 4 is 17.3 Å². The SMILES string of the molecule is Nc1cnc(Cl)nc1OC1CCCCC1. The van der Waals surface area contributed by atoms with Gasteiger partial charge in [0.25, 0.3) is 0 Å². The lowest BCUT2D eigenvalue weighted by atomic mass is 9.98. The molecule has 1 aliphatic rings. The van der Waals surface area contributed by atoms with Crippen LogP contribution in [0.15, 0.2) is 6.20 Å². The van der Waals surface area contributed by atoms with E-state index in [1.54, 1.807) is 0 Å². The van der Waals surface area contributed by atoms with Crippen molar-refractivity contribution in [2.45, 2.75) is 38.2 Å². The van der Waals surface area contributed by atoms with Gasteiger partial charge in [-0.1, -0.05) is 6.42 Å². The van der Waals surface area contributed by atoms with Crippen LogP contribution in [0.5, 0.6) is 5.88 Å². The van der Waals surface area contributed by atoms with Gasteiger partial charge in [-0.3, -0.25) is 0 Å². The van der Waals surface area contributed by atoms with Gasteiger partial charge in [-0.05, 0) is 37.3 Å². The van der Waals surface area contributed by atoms with Crippen molar-refractivity contribution in [3.8, 4) is 5.88 Å². The van der Waals surface area contributed by atoms with Crippen molar-refractivity contribution in [2.24, 2.45) is 0 Å². The van der Waals surface area contributed by atoms with Gasteiger partial charge >= 0.3 is 0 Å². The highest BCUT2D eigenvalue weighted by atomic mass is 35.5. The van der Waals surface area contributed by atoms with Gasteiger partial charge in [0.1, 0.15) is 11.8 Å². The Morgan fingerprint density at radius 2 is 2.07 bits per heavy atom. The Kier molecular flexibility index (Phi) is 3.26. The van der Waals surface area contributed by atoms with Crippen molar-refractivity contribution in [2.75, 3.05) is 5.73 Å². The van der Waals surface area contributed by atoms with Crippen LogP contribution in [0.3, 0.4) is 0 Å². The molecule has 1 fully saturated rings. The summed E-state index contributed by atoms with van der Waals surface area (Å²) in [5.41, 5.74) is 6.15. The number of nitrogens with two attached hydrogens (primary N) is 1. The van der Waals surface area contributed by atoms with Crippen molar-refractivity contribution < 1.29 is 4.74 Å². The highest BCUT2D eigenvalue weighted by Crippen LogP contribution is 2.25. The highest BCUT2D eigenvalue weighted by Gasteiger charge is 2.17. The Labute approximate surface area is 93.8 Å². The number of anilines is 1. The van der Waals surface area contributed by atoms with E-state index in [1.807, 2.05) is 0 Å². The lowest BCUT2D eigenvalue weighted by Gasteiger charge is -2.22. The van der Waals surface area contributed by atoms with Crippen molar-refractivity contribution in [1.29, 1.82) is 0 Å². The highest BCUT2D eigenvalue weighted by molar-refractivity contribution is 6.28. The summed E-state index contributed by atoms with van der Waals surface area (Å²) in [7, 11) is 0. The summed E-state index contributed by atoms with van der Waals surface area (Å²) in [6.45, 7) is 0. The second kappa shape index (κ2) is 4.66. The molecule has 5 heteroatoms. The lowest BCUT2D eigenvalue weighted by molar-refractivity contribution is 0.149. The van der Waals surface area contributed by atoms with Crippen LogP contribution in [0.2, 0.25) is 5.28 Å². The topological polar surface area (TPSA) is 61.0 Å². The molecule has 0 atom stereocenters. The molecule has 1 aliphatic carbocycles. The molecule has 1 saturated carbocycles. The molecular weight excluding hydrogens is 214 g/mol. The summed E-state index contributed by atoms with van der Waals surface area (Å²) in [6.07, 6.45) is 7.56. The number of nitrogen functional groups attached to an aromatic ring is 1. The van der Waals surface area contributed by atoms with Gasteiger partial charge in [-0.25, -0.2) is 4.98 Å². The summed E-state index contributed by atoms with van der Waals surface area (Å²) in [4.78, 5) is 7.76. The van der Waals surface area contributed by atoms with Crippen LogP contribution in [0.4, 0.5) is 5.69 Å². The summed E-state index contributed by atoms with van der Waals surface area (Å²) in [5, 5.41) is 0.176. The predicted molar refractivity (Wildman–Crippen MR) is 59.0 cm³/mol. The minimum absolute atomic E-state index is 0.176. The van der Waals surface area contributed by atoms with Gasteiger partial charge in [0, 0.05) is 0 Å². The zero-order chi connectivity index (χ0) is 10.7. The summed E-state index contributed by atoms with van der Waals surface area (Å²) in [5.74, 6) is 0.418. The van der Waals surface area contributed by atoms with E-state index < -0.39 is 0 Å². The van der Waals surface area contributed by atoms with Crippen molar-refractivity contribution in [3.63, 3.8) is 0 Å². The largest absolute Gasteiger partial charge is 0.473 e. The molecule has 0 aromatic carbocycles. The third-order valence-electron chi connectivity index (χ3n) is 2.58. The number of rotatable bonds is 2. The number of hydrogen-bond acceptors (Lipinski definition) is 4. The maximum Gasteiger partial charge on any atom is 0.241 e. The van der Waals surface area contributed by atoms with Crippen LogP contribution in [0.25, 0.3) is 0 Å². The second-order valence-electron chi connectivity index (χ2n) is 3.78. The molecule has 1 heterocycles. The molecule has 15 heavy (non-hydrogen) atoms. The fraction of sp³-hybridized carbons (Fsp3) is 0.600. The van der Waals surface area contributed by atoms with Crippen LogP contribution in [-0.4, -0.2) is 16.1 Å². The fourth-order valence-corrected chi connectivity index (χ4v) is 1.92. The summed E-state index contributed by atoms with van der Waals surface area (Å²) >= 11 is 5.68. The van der Waals surface area contributed by atoms with E-state index in [0.717, 1.165) is 12.8 Å². The van der Waals surface area contributed by atoms with E-state index in [4.69, 9.17) is 22.1 Å². The molecule has 1 aromatic heterocycles. The van der Waals surface area contributed by atoms with Gasteiger partial charge in [0.2, 0.25) is 11.2 Å². The van der Waals surface area contributed by atoms with E-state index in [1.165, 1.54) is 25.5 Å². The standard InChI is InChI=1S/C10H14ClN3O/c11-10-13-6-8(12)9(14-10)15-7-4-2-1-3-5-7/h6-7H,1-5,12H2. The van der Waals surface area contributed by atoms with Gasteiger partial charge in [-0.2, -0.15) is 4.98 Å². The van der Waals surface area contributed by atoms with Crippen LogP contribution in [-0.2, 0) is 0 Å². The maximum atomic E-state index is 5.71. The predicted octanol–water partition coefficient (Wildman–Crippen LogP) is 2.42. The fourth-order valence-electron chi connectivity index (χ4n) is 1.79. The van der Waals surface area contributed by atoms with Gasteiger partial charge in [0.05, 0.1) is 6.20 Å². The molecule has 82 valence electrons. The van der Waals surface area contributed by atoms with Crippen molar-refractivity contribution in [3.05, 3.63) is 11.5 Å². The molecule has 0 aliphatic heterocycles. The molecule has 0 amide bonds. The third-order valence-corrected chi connectivity index (χ3v) is 2.76. The quantitative estimate of drug-likeness (QED) is 0.789. The zero-order valence-corrected chi connectivity index (χ0v) is 9.20. The summed E-state index contributed by atoms with van der Waals surface area (Å²) in [6, 6.07) is 0. The molecule has 4 nitrogen and oxygen atoms in total. The second-order valence-corrected chi connectivity index (χ2v) is 4.12. The Balaban J connectivity index is 2.05. The number of ether oxygens (including phenoxy) is 1. The molecule has 0 radical (unpaired) electrons. The molecule has 1 aromatic rings. The number of hydrogen-bond donors (Lipinski definition) is 1. The first kappa shape index (κ1) is 10.5. The Morgan fingerprint density at radius 3 is 2.80 bits per heavy atom. The minimum Gasteiger partial charge on any atom is -0.473 e. The molecule has 0 saturated heterocycles. The Hall–Kier alpha value is -1.03. The normalized spacial score (nSPS) is 17.7. The van der Waals surface area contributed by atoms with Gasteiger partial charge in [0.15, 0.2) is 0 Å². The third kappa shape index (κ3) is 2.72. The monoisotopic (exact) mass is 227 g/mol. The van der Waals surface area contributed by atoms with E-state index in [9.17, 15) is 0 Å². The van der Waals surface area contributed by atoms with Crippen LogP contribution in [0.1, 0.15) is 32.1 Å². The first-order chi connectivity index (χ1) is 7.25. The van der Waals surface area contributed by atoms with E-state index in [-0.39, 0.29) is 11.4 Å². The molecular formula is C10H14ClN3O. The smallest absolute Gasteiger partial charge is 0.241 e. The number of nitrogens with zero attached hydrogens (tertiary/aromatic N) is 2. The lowest BCUT2D eigenvalue weighted by Crippen LogP contribution is -2.20. The first-order valence-corrected chi connectivity index (χ1v) is 5.58. The van der Waals surface area contributed by atoms with Crippen LogP contribution in [0, 0.1) is 0 Å². The number of aromatic nitrogens is 2. The van der Waals surface area contributed by atoms with E-state index >= 15 is 0 Å². The summed E-state index contributed by atoms with van der Waals surface area (Å²) < 4.78 is 5.71. The Bertz CT molecular complexity index is 339. The Morgan fingerprint density at radius 1 is 1.33 bits per heavy atom. The molecule has 0 unspecified atom stereocenters. The molecule has 2 rings (SSSR count). The van der Waals surface area contributed by atoms with Gasteiger partial charge < -0.3 is 10.5 Å². The van der Waals surface area contributed by atoms with Crippen LogP contribution >= 0.6 is 11.6 Å². The van der Waals surface area contributed by atoms with Crippen LogP contribution < -0.4 is 10.5 Å². The zero-order valence-electron chi connectivity index (χ0n) is 8.45. The average molecular weight is 228 g/mol. The molecule has 0 bridgehead atoms. The maximum absolute atomic E-state index is 5.71. The molecule has 0 spiro atoms. The van der Waals surface area contributed by atoms with Crippen molar-refractivity contribution in [1.82, 2.24) is 9.97 Å². The van der Waals surface area contributed by atoms with E-state index in [2.05, 4.69) is 9.97 Å². The minimum atomic E-state index is 0.176. The van der Waals surface area contributed by atoms with E-state index in [0.29, 0.717) is 11.6 Å².